The second-order valence-corrected chi connectivity index (χ2v) is 10.4. The van der Waals surface area contributed by atoms with Crippen molar-refractivity contribution in [2.75, 3.05) is 30.4 Å². The SMILES string of the molecule is C=CCn1c(=O)c2cnc(Nc3ccc(N4CC5CC(C4)N5C)cc3)nc2n1-c1ccc2ccn(CC)c2n1. The van der Waals surface area contributed by atoms with E-state index in [9.17, 15) is 4.79 Å². The number of allylic oxidation sites excluding steroid dienone is 1. The number of piperidine rings is 1. The van der Waals surface area contributed by atoms with Gasteiger partial charge in [-0.05, 0) is 62.9 Å². The Morgan fingerprint density at radius 3 is 2.56 bits per heavy atom. The summed E-state index contributed by atoms with van der Waals surface area (Å²) in [5.74, 6) is 1.03. The molecule has 4 aromatic heterocycles. The van der Waals surface area contributed by atoms with Crippen LogP contribution in [-0.4, -0.2) is 66.0 Å². The van der Waals surface area contributed by atoms with Crippen molar-refractivity contribution in [3.05, 3.63) is 77.9 Å². The van der Waals surface area contributed by atoms with E-state index in [0.29, 0.717) is 41.4 Å². The van der Waals surface area contributed by atoms with Gasteiger partial charge in [0.1, 0.15) is 11.0 Å². The van der Waals surface area contributed by atoms with Crippen LogP contribution in [0.25, 0.3) is 27.9 Å². The van der Waals surface area contributed by atoms with Crippen LogP contribution >= 0.6 is 0 Å². The Balaban J connectivity index is 1.23. The number of hydrogen-bond acceptors (Lipinski definition) is 7. The lowest BCUT2D eigenvalue weighted by Crippen LogP contribution is -2.67. The molecule has 10 heteroatoms. The summed E-state index contributed by atoms with van der Waals surface area (Å²) in [4.78, 5) is 32.4. The first-order valence-electron chi connectivity index (χ1n) is 13.4. The molecule has 3 saturated heterocycles. The van der Waals surface area contributed by atoms with Gasteiger partial charge in [0.2, 0.25) is 5.95 Å². The molecule has 0 aliphatic carbocycles. The van der Waals surface area contributed by atoms with Gasteiger partial charge in [-0.3, -0.25) is 9.69 Å². The molecule has 3 aliphatic heterocycles. The topological polar surface area (TPSA) is 89.0 Å². The van der Waals surface area contributed by atoms with Crippen LogP contribution in [0.1, 0.15) is 13.3 Å². The summed E-state index contributed by atoms with van der Waals surface area (Å²) >= 11 is 0. The summed E-state index contributed by atoms with van der Waals surface area (Å²) in [7, 11) is 2.22. The quantitative estimate of drug-likeness (QED) is 0.326. The van der Waals surface area contributed by atoms with Crippen molar-refractivity contribution < 1.29 is 0 Å². The molecule has 7 heterocycles. The van der Waals surface area contributed by atoms with Crippen molar-refractivity contribution >= 4 is 39.4 Å². The Morgan fingerprint density at radius 1 is 1.05 bits per heavy atom. The van der Waals surface area contributed by atoms with Gasteiger partial charge in [-0.2, -0.15) is 4.98 Å². The van der Waals surface area contributed by atoms with Crippen molar-refractivity contribution in [1.29, 1.82) is 0 Å². The van der Waals surface area contributed by atoms with E-state index in [-0.39, 0.29) is 5.56 Å². The molecular weight excluding hydrogens is 490 g/mol. The molecule has 3 aliphatic rings. The van der Waals surface area contributed by atoms with Gasteiger partial charge >= 0.3 is 0 Å². The van der Waals surface area contributed by atoms with Gasteiger partial charge in [0, 0.05) is 60.9 Å². The number of nitrogens with zero attached hydrogens (tertiary/aromatic N) is 8. The van der Waals surface area contributed by atoms with Crippen LogP contribution in [0.2, 0.25) is 0 Å². The maximum Gasteiger partial charge on any atom is 0.278 e. The number of nitrogens with one attached hydrogen (secondary N) is 1. The van der Waals surface area contributed by atoms with Gasteiger partial charge in [0.05, 0.1) is 6.54 Å². The minimum atomic E-state index is -0.182. The molecule has 2 atom stereocenters. The molecule has 39 heavy (non-hydrogen) atoms. The normalized spacial score (nSPS) is 19.0. The molecule has 0 radical (unpaired) electrons. The highest BCUT2D eigenvalue weighted by molar-refractivity contribution is 5.80. The number of piperazine rings is 1. The van der Waals surface area contributed by atoms with E-state index in [4.69, 9.17) is 9.97 Å². The zero-order chi connectivity index (χ0) is 26.7. The predicted octanol–water partition coefficient (Wildman–Crippen LogP) is 3.77. The zero-order valence-electron chi connectivity index (χ0n) is 22.2. The molecule has 3 fully saturated rings. The monoisotopic (exact) mass is 521 g/mol. The number of aromatic nitrogens is 6. The van der Waals surface area contributed by atoms with Crippen molar-refractivity contribution in [2.45, 2.75) is 38.5 Å². The molecule has 5 aromatic rings. The van der Waals surface area contributed by atoms with Crippen molar-refractivity contribution in [3.63, 3.8) is 0 Å². The second-order valence-electron chi connectivity index (χ2n) is 10.4. The van der Waals surface area contributed by atoms with E-state index >= 15 is 0 Å². The van der Waals surface area contributed by atoms with Crippen LogP contribution in [0.5, 0.6) is 0 Å². The highest BCUT2D eigenvalue weighted by Crippen LogP contribution is 2.33. The summed E-state index contributed by atoms with van der Waals surface area (Å²) in [6.07, 6.45) is 6.61. The molecule has 0 amide bonds. The fraction of sp³-hybridized carbons (Fsp3) is 0.310. The van der Waals surface area contributed by atoms with E-state index in [1.54, 1.807) is 21.6 Å². The number of likely N-dealkylation sites (N-methyl/N-ethyl adjacent to an activating group) is 1. The van der Waals surface area contributed by atoms with Crippen LogP contribution in [0, 0.1) is 0 Å². The lowest BCUT2D eigenvalue weighted by molar-refractivity contribution is 0.0264. The number of rotatable bonds is 7. The maximum atomic E-state index is 13.3. The van der Waals surface area contributed by atoms with Crippen LogP contribution in [0.15, 0.2) is 72.3 Å². The number of benzene rings is 1. The Labute approximate surface area is 225 Å². The summed E-state index contributed by atoms with van der Waals surface area (Å²) < 4.78 is 5.44. The minimum absolute atomic E-state index is 0.182. The summed E-state index contributed by atoms with van der Waals surface area (Å²) in [6, 6.07) is 15.7. The molecule has 1 aromatic carbocycles. The third-order valence-electron chi connectivity index (χ3n) is 8.18. The predicted molar refractivity (Wildman–Crippen MR) is 154 cm³/mol. The highest BCUT2D eigenvalue weighted by Gasteiger charge is 2.42. The van der Waals surface area contributed by atoms with Gasteiger partial charge in [-0.25, -0.2) is 19.3 Å². The Hall–Kier alpha value is -4.44. The first-order chi connectivity index (χ1) is 19.0. The fourth-order valence-electron chi connectivity index (χ4n) is 5.92. The number of pyridine rings is 1. The summed E-state index contributed by atoms with van der Waals surface area (Å²) in [5.41, 5.74) is 3.29. The first-order valence-corrected chi connectivity index (χ1v) is 13.4. The van der Waals surface area contributed by atoms with Gasteiger partial charge in [0.15, 0.2) is 11.5 Å². The average Bonchev–Trinajstić information content (AvgIpc) is 3.51. The molecular formula is C29H31N9O. The largest absolute Gasteiger partial charge is 0.368 e. The number of anilines is 3. The molecule has 0 spiro atoms. The van der Waals surface area contributed by atoms with Crippen LogP contribution in [0.4, 0.5) is 17.3 Å². The zero-order valence-corrected chi connectivity index (χ0v) is 22.2. The fourth-order valence-corrected chi connectivity index (χ4v) is 5.92. The smallest absolute Gasteiger partial charge is 0.278 e. The average molecular weight is 522 g/mol. The van der Waals surface area contributed by atoms with E-state index < -0.39 is 0 Å². The van der Waals surface area contributed by atoms with E-state index in [1.807, 2.05) is 24.4 Å². The molecule has 2 bridgehead atoms. The third-order valence-corrected chi connectivity index (χ3v) is 8.18. The molecule has 8 rings (SSSR count). The lowest BCUT2D eigenvalue weighted by Gasteiger charge is -2.55. The number of fused-ring (bicyclic) bond motifs is 4. The van der Waals surface area contributed by atoms with Crippen LogP contribution in [0.3, 0.4) is 0 Å². The number of aryl methyl sites for hydroxylation is 1. The maximum absolute atomic E-state index is 13.3. The van der Waals surface area contributed by atoms with E-state index in [0.717, 1.165) is 36.4 Å². The molecule has 10 nitrogen and oxygen atoms in total. The van der Waals surface area contributed by atoms with Gasteiger partial charge in [-0.1, -0.05) is 6.08 Å². The van der Waals surface area contributed by atoms with E-state index in [1.165, 1.54) is 12.1 Å². The molecule has 198 valence electrons. The van der Waals surface area contributed by atoms with E-state index in [2.05, 4.69) is 69.5 Å². The standard InChI is InChI=1S/C29H31N9O/c1-4-13-37-28(39)24-16-30-29(31-20-7-9-21(10-8-20)36-17-22-15-23(18-36)34(22)3)33-27(24)38(37)25-11-6-19-12-14-35(5-2)26(19)32-25/h4,6-12,14,16,22-23H,1,5,13,15,17-18H2,2-3H3,(H,30,31,33). The van der Waals surface area contributed by atoms with Crippen molar-refractivity contribution in [3.8, 4) is 5.82 Å². The molecule has 1 N–H and O–H groups in total. The summed E-state index contributed by atoms with van der Waals surface area (Å²) in [5, 5.41) is 4.79. The Bertz CT molecular complexity index is 1750. The first kappa shape index (κ1) is 23.7. The van der Waals surface area contributed by atoms with Crippen molar-refractivity contribution in [2.24, 2.45) is 0 Å². The second kappa shape index (κ2) is 9.09. The minimum Gasteiger partial charge on any atom is -0.368 e. The Kier molecular flexibility index (Phi) is 5.52. The van der Waals surface area contributed by atoms with Gasteiger partial charge in [0.25, 0.3) is 5.56 Å². The lowest BCUT2D eigenvalue weighted by atomic mass is 9.88. The molecule has 0 saturated carbocycles. The van der Waals surface area contributed by atoms with Crippen molar-refractivity contribution in [1.82, 2.24) is 33.8 Å². The summed E-state index contributed by atoms with van der Waals surface area (Å²) in [6.45, 7) is 9.19. The van der Waals surface area contributed by atoms with Crippen LogP contribution < -0.4 is 15.8 Å². The Morgan fingerprint density at radius 2 is 1.85 bits per heavy atom. The van der Waals surface area contributed by atoms with Gasteiger partial charge in [-0.15, -0.1) is 6.58 Å². The highest BCUT2D eigenvalue weighted by atomic mass is 16.1. The van der Waals surface area contributed by atoms with Crippen LogP contribution in [-0.2, 0) is 13.1 Å². The number of hydrogen-bond donors (Lipinski definition) is 1. The third kappa shape index (κ3) is 3.82. The van der Waals surface area contributed by atoms with Gasteiger partial charge < -0.3 is 14.8 Å². The molecule has 2 unspecified atom stereocenters.